The van der Waals surface area contributed by atoms with Crippen LogP contribution < -0.4 is 5.73 Å². The molecule has 2 heterocycles. The smallest absolute Gasteiger partial charge is 0.410 e. The fourth-order valence-corrected chi connectivity index (χ4v) is 4.56. The van der Waals surface area contributed by atoms with Gasteiger partial charge in [-0.05, 0) is 31.2 Å². The zero-order valence-electron chi connectivity index (χ0n) is 24.4. The van der Waals surface area contributed by atoms with Crippen molar-refractivity contribution in [3.05, 3.63) is 48.3 Å². The molecule has 2 fully saturated rings. The first-order chi connectivity index (χ1) is 19.0. The molecule has 0 aliphatic carbocycles. The summed E-state index contributed by atoms with van der Waals surface area (Å²) in [5.74, 6) is -1.91. The summed E-state index contributed by atoms with van der Waals surface area (Å²) in [7, 11) is 0. The molecule has 0 aromatic heterocycles. The fraction of sp³-hybridized carbons (Fsp3) is 0.586. The average Bonchev–Trinajstić information content (AvgIpc) is 2.94. The van der Waals surface area contributed by atoms with Crippen LogP contribution in [-0.2, 0) is 20.9 Å². The lowest BCUT2D eigenvalue weighted by Gasteiger charge is -2.46. The highest BCUT2D eigenvalue weighted by atomic mass is 16.6. The number of nitrogens with zero attached hydrogens (tertiary/aromatic N) is 4. The van der Waals surface area contributed by atoms with Crippen molar-refractivity contribution in [2.45, 2.75) is 66.2 Å². The predicted octanol–water partition coefficient (Wildman–Crippen LogP) is 3.56. The number of nitrogens with two attached hydrogens (primary N) is 1. The van der Waals surface area contributed by atoms with Gasteiger partial charge in [0.2, 0.25) is 5.91 Å². The van der Waals surface area contributed by atoms with Crippen molar-refractivity contribution in [3.8, 4) is 0 Å². The second-order valence-electron chi connectivity index (χ2n) is 10.2. The van der Waals surface area contributed by atoms with Crippen LogP contribution in [0.15, 0.2) is 42.7 Å². The summed E-state index contributed by atoms with van der Waals surface area (Å²) in [6.45, 7) is 15.5. The second kappa shape index (κ2) is 15.1. The van der Waals surface area contributed by atoms with Gasteiger partial charge in [0, 0.05) is 39.3 Å². The number of amides is 4. The zero-order chi connectivity index (χ0) is 30.0. The van der Waals surface area contributed by atoms with E-state index in [0.29, 0.717) is 31.8 Å². The molecule has 2 aliphatic heterocycles. The molecular weight excluding hydrogens is 514 g/mol. The molecule has 1 aromatic rings. The Bertz CT molecular complexity index is 1030. The van der Waals surface area contributed by atoms with Crippen molar-refractivity contribution < 1.29 is 29.0 Å². The SMILES string of the molecule is C=C(N)N(CCC[C@H]1C(=O)N(C(=O)N2CCN(C(=O)OC(C)C(C)C)CC2)C1C(=O)O)Cc1ccccc1.CC. The van der Waals surface area contributed by atoms with Gasteiger partial charge in [-0.15, -0.1) is 0 Å². The highest BCUT2D eigenvalue weighted by Gasteiger charge is 2.55. The van der Waals surface area contributed by atoms with Gasteiger partial charge in [0.05, 0.1) is 11.7 Å². The topological polar surface area (TPSA) is 137 Å². The molecule has 3 N–H and O–H groups in total. The Morgan fingerprint density at radius 2 is 1.65 bits per heavy atom. The lowest BCUT2D eigenvalue weighted by Crippen LogP contribution is -2.69. The van der Waals surface area contributed by atoms with Gasteiger partial charge >= 0.3 is 18.1 Å². The summed E-state index contributed by atoms with van der Waals surface area (Å²) >= 11 is 0. The number of rotatable bonds is 10. The van der Waals surface area contributed by atoms with Crippen LogP contribution in [0.4, 0.5) is 9.59 Å². The number of imide groups is 1. The van der Waals surface area contributed by atoms with Crippen molar-refractivity contribution in [2.75, 3.05) is 32.7 Å². The van der Waals surface area contributed by atoms with Crippen LogP contribution in [-0.4, -0.2) is 93.6 Å². The van der Waals surface area contributed by atoms with Crippen LogP contribution in [0.1, 0.15) is 53.0 Å². The van der Waals surface area contributed by atoms with E-state index in [4.69, 9.17) is 10.5 Å². The predicted molar refractivity (Wildman–Crippen MR) is 152 cm³/mol. The third-order valence-electron chi connectivity index (χ3n) is 7.27. The van der Waals surface area contributed by atoms with Crippen molar-refractivity contribution in [3.63, 3.8) is 0 Å². The molecule has 0 bridgehead atoms. The number of carboxylic acid groups (broad SMARTS) is 1. The van der Waals surface area contributed by atoms with Gasteiger partial charge in [0.15, 0.2) is 6.04 Å². The van der Waals surface area contributed by atoms with Crippen LogP contribution in [0.25, 0.3) is 0 Å². The van der Waals surface area contributed by atoms with E-state index in [1.54, 1.807) is 0 Å². The van der Waals surface area contributed by atoms with Gasteiger partial charge in [-0.3, -0.25) is 4.79 Å². The summed E-state index contributed by atoms with van der Waals surface area (Å²) < 4.78 is 5.43. The zero-order valence-corrected chi connectivity index (χ0v) is 24.4. The summed E-state index contributed by atoms with van der Waals surface area (Å²) in [5.41, 5.74) is 7.00. The summed E-state index contributed by atoms with van der Waals surface area (Å²) in [5, 5.41) is 9.80. The van der Waals surface area contributed by atoms with Crippen molar-refractivity contribution in [2.24, 2.45) is 17.6 Å². The second-order valence-corrected chi connectivity index (χ2v) is 10.2. The van der Waals surface area contributed by atoms with Gasteiger partial charge in [-0.25, -0.2) is 19.3 Å². The normalized spacial score (nSPS) is 19.2. The van der Waals surface area contributed by atoms with Crippen molar-refractivity contribution in [1.29, 1.82) is 0 Å². The Kier molecular flexibility index (Phi) is 12.3. The van der Waals surface area contributed by atoms with Gasteiger partial charge in [0.1, 0.15) is 6.10 Å². The van der Waals surface area contributed by atoms with Gasteiger partial charge in [-0.1, -0.05) is 64.6 Å². The molecule has 3 rings (SSSR count). The molecular formula is C29H45N5O6. The number of carboxylic acids is 1. The van der Waals surface area contributed by atoms with Gasteiger partial charge in [0.25, 0.3) is 0 Å². The maximum atomic E-state index is 13.1. The maximum absolute atomic E-state index is 13.1. The minimum absolute atomic E-state index is 0.182. The summed E-state index contributed by atoms with van der Waals surface area (Å²) in [6, 6.07) is 7.89. The molecule has 11 heteroatoms. The Balaban J connectivity index is 0.00000274. The molecule has 40 heavy (non-hydrogen) atoms. The lowest BCUT2D eigenvalue weighted by molar-refractivity contribution is -0.167. The number of likely N-dealkylation sites (tertiary alicyclic amines) is 1. The summed E-state index contributed by atoms with van der Waals surface area (Å²) in [4.78, 5) is 56.0. The fourth-order valence-electron chi connectivity index (χ4n) is 4.56. The number of hydrogen-bond donors (Lipinski definition) is 2. The number of urea groups is 1. The highest BCUT2D eigenvalue weighted by Crippen LogP contribution is 2.32. The number of piperazine rings is 1. The first-order valence-corrected chi connectivity index (χ1v) is 14.0. The molecule has 11 nitrogen and oxygen atoms in total. The first kappa shape index (κ1) is 32.5. The number of ether oxygens (including phenoxy) is 1. The van der Waals surface area contributed by atoms with E-state index in [2.05, 4.69) is 6.58 Å². The summed E-state index contributed by atoms with van der Waals surface area (Å²) in [6.07, 6.45) is 0.151. The van der Waals surface area contributed by atoms with Crippen LogP contribution in [0.3, 0.4) is 0 Å². The van der Waals surface area contributed by atoms with E-state index in [1.807, 2.05) is 69.9 Å². The Morgan fingerprint density at radius 1 is 1.07 bits per heavy atom. The van der Waals surface area contributed by atoms with E-state index in [-0.39, 0.29) is 38.2 Å². The van der Waals surface area contributed by atoms with Crippen LogP contribution in [0.2, 0.25) is 0 Å². The molecule has 3 atom stereocenters. The number of hydrogen-bond acceptors (Lipinski definition) is 7. The van der Waals surface area contributed by atoms with E-state index in [0.717, 1.165) is 10.5 Å². The van der Waals surface area contributed by atoms with E-state index in [9.17, 15) is 24.3 Å². The quantitative estimate of drug-likeness (QED) is 0.415. The highest BCUT2D eigenvalue weighted by molar-refractivity contribution is 6.07. The first-order valence-electron chi connectivity index (χ1n) is 14.0. The average molecular weight is 560 g/mol. The Morgan fingerprint density at radius 3 is 2.17 bits per heavy atom. The van der Waals surface area contributed by atoms with Crippen molar-refractivity contribution >= 4 is 24.0 Å². The molecule has 2 saturated heterocycles. The molecule has 0 radical (unpaired) electrons. The number of aliphatic carboxylic acids is 1. The Hall–Kier alpha value is -3.76. The molecule has 4 amide bonds. The molecule has 222 valence electrons. The van der Waals surface area contributed by atoms with E-state index in [1.165, 1.54) is 9.80 Å². The van der Waals surface area contributed by atoms with E-state index < -0.39 is 36.0 Å². The number of benzene rings is 1. The van der Waals surface area contributed by atoms with Gasteiger partial charge < -0.3 is 30.3 Å². The van der Waals surface area contributed by atoms with Crippen LogP contribution >= 0.6 is 0 Å². The third-order valence-corrected chi connectivity index (χ3v) is 7.27. The molecule has 0 saturated carbocycles. The standard InChI is InChI=1S/C27H39N5O6.C2H6/c1-18(2)19(3)38-27(37)30-15-13-29(14-16-30)26(36)32-23(25(34)35)22(24(32)33)11-8-12-31(20(4)28)17-21-9-6-5-7-10-21;1-2/h5-7,9-10,18-19,22-23H,4,8,11-17,28H2,1-3H3,(H,34,35);1-2H3/t19?,22-,23?;/m1./s1. The maximum Gasteiger partial charge on any atom is 0.410 e. The van der Waals surface area contributed by atoms with Gasteiger partial charge in [-0.2, -0.15) is 0 Å². The van der Waals surface area contributed by atoms with E-state index >= 15 is 0 Å². The number of carbonyl (C=O) groups is 4. The number of carbonyl (C=O) groups excluding carboxylic acids is 3. The van der Waals surface area contributed by atoms with Crippen LogP contribution in [0, 0.1) is 11.8 Å². The molecule has 2 unspecified atom stereocenters. The number of β-lactam (4-membered cyclic amide) rings is 1. The molecule has 2 aliphatic rings. The molecule has 1 aromatic carbocycles. The van der Waals surface area contributed by atoms with Crippen molar-refractivity contribution in [1.82, 2.24) is 19.6 Å². The lowest BCUT2D eigenvalue weighted by atomic mass is 9.83. The monoisotopic (exact) mass is 559 g/mol. The minimum atomic E-state index is -1.21. The van der Waals surface area contributed by atoms with Crippen LogP contribution in [0.5, 0.6) is 0 Å². The molecule has 0 spiro atoms. The third kappa shape index (κ3) is 8.12. The largest absolute Gasteiger partial charge is 0.480 e. The Labute approximate surface area is 237 Å². The minimum Gasteiger partial charge on any atom is -0.480 e.